The predicted octanol–water partition coefficient (Wildman–Crippen LogP) is 2.57. The molecular formula is C15H19N3O. The van der Waals surface area contributed by atoms with Gasteiger partial charge in [-0.15, -0.1) is 0 Å². The summed E-state index contributed by atoms with van der Waals surface area (Å²) in [5.74, 6) is 0.911. The molecule has 0 spiro atoms. The first kappa shape index (κ1) is 13.2. The largest absolute Gasteiger partial charge is 0.494 e. The number of ether oxygens (including phenoxy) is 1. The Labute approximate surface area is 113 Å². The fraction of sp³-hybridized carbons (Fsp3) is 0.267. The minimum atomic E-state index is 0.694. The summed E-state index contributed by atoms with van der Waals surface area (Å²) >= 11 is 0. The van der Waals surface area contributed by atoms with Crippen LogP contribution in [0.25, 0.3) is 0 Å². The Morgan fingerprint density at radius 2 is 2.00 bits per heavy atom. The van der Waals surface area contributed by atoms with Crippen molar-refractivity contribution in [1.82, 2.24) is 4.98 Å². The van der Waals surface area contributed by atoms with Crippen LogP contribution in [0.3, 0.4) is 0 Å². The van der Waals surface area contributed by atoms with E-state index in [-0.39, 0.29) is 0 Å². The fourth-order valence-corrected chi connectivity index (χ4v) is 1.88. The lowest BCUT2D eigenvalue weighted by Gasteiger charge is -2.20. The lowest BCUT2D eigenvalue weighted by molar-refractivity contribution is 0.312. The minimum Gasteiger partial charge on any atom is -0.494 e. The molecule has 0 unspecified atom stereocenters. The minimum absolute atomic E-state index is 0.694. The molecule has 1 aromatic heterocycles. The van der Waals surface area contributed by atoms with Crippen molar-refractivity contribution < 1.29 is 4.74 Å². The molecule has 0 radical (unpaired) electrons. The molecule has 2 rings (SSSR count). The van der Waals surface area contributed by atoms with E-state index in [9.17, 15) is 0 Å². The van der Waals surface area contributed by atoms with Crippen LogP contribution in [0.2, 0.25) is 0 Å². The zero-order valence-electron chi connectivity index (χ0n) is 11.1. The SMILES string of the molecule is CN(CCCOc1ccccc1)c1ccncc1N. The van der Waals surface area contributed by atoms with Crippen molar-refractivity contribution in [2.45, 2.75) is 6.42 Å². The van der Waals surface area contributed by atoms with E-state index in [0.717, 1.165) is 24.4 Å². The molecule has 2 N–H and O–H groups in total. The molecule has 0 saturated carbocycles. The Bertz CT molecular complexity index is 502. The van der Waals surface area contributed by atoms with Crippen molar-refractivity contribution in [2.75, 3.05) is 30.8 Å². The van der Waals surface area contributed by atoms with Gasteiger partial charge in [0.1, 0.15) is 5.75 Å². The van der Waals surface area contributed by atoms with E-state index in [2.05, 4.69) is 9.88 Å². The molecule has 1 aromatic carbocycles. The molecule has 0 saturated heterocycles. The molecular weight excluding hydrogens is 238 g/mol. The van der Waals surface area contributed by atoms with Gasteiger partial charge in [0.05, 0.1) is 24.2 Å². The lowest BCUT2D eigenvalue weighted by Crippen LogP contribution is -2.21. The van der Waals surface area contributed by atoms with Crippen LogP contribution >= 0.6 is 0 Å². The third-order valence-electron chi connectivity index (χ3n) is 2.89. The first-order valence-electron chi connectivity index (χ1n) is 6.36. The van der Waals surface area contributed by atoms with Crippen LogP contribution in [-0.2, 0) is 0 Å². The Morgan fingerprint density at radius 1 is 1.21 bits per heavy atom. The number of benzene rings is 1. The molecule has 0 amide bonds. The molecule has 0 aliphatic carbocycles. The van der Waals surface area contributed by atoms with Gasteiger partial charge in [0.2, 0.25) is 0 Å². The second kappa shape index (κ2) is 6.64. The van der Waals surface area contributed by atoms with Gasteiger partial charge >= 0.3 is 0 Å². The van der Waals surface area contributed by atoms with E-state index in [1.54, 1.807) is 12.4 Å². The summed E-state index contributed by atoms with van der Waals surface area (Å²) in [5.41, 5.74) is 7.59. The average Bonchev–Trinajstić information content (AvgIpc) is 2.45. The molecule has 0 aliphatic rings. The Kier molecular flexibility index (Phi) is 4.61. The number of aromatic nitrogens is 1. The molecule has 19 heavy (non-hydrogen) atoms. The summed E-state index contributed by atoms with van der Waals surface area (Å²) in [6.07, 6.45) is 4.36. The zero-order chi connectivity index (χ0) is 13.5. The molecule has 4 nitrogen and oxygen atoms in total. The first-order valence-corrected chi connectivity index (χ1v) is 6.36. The molecule has 2 aromatic rings. The van der Waals surface area contributed by atoms with Crippen molar-refractivity contribution in [2.24, 2.45) is 0 Å². The predicted molar refractivity (Wildman–Crippen MR) is 78.5 cm³/mol. The van der Waals surface area contributed by atoms with E-state index < -0.39 is 0 Å². The maximum absolute atomic E-state index is 5.88. The van der Waals surface area contributed by atoms with Gasteiger partial charge in [-0.3, -0.25) is 4.98 Å². The molecule has 4 heteroatoms. The lowest BCUT2D eigenvalue weighted by atomic mass is 10.3. The normalized spacial score (nSPS) is 10.2. The van der Waals surface area contributed by atoms with E-state index in [1.165, 1.54) is 0 Å². The highest BCUT2D eigenvalue weighted by molar-refractivity contribution is 5.65. The number of hydrogen-bond donors (Lipinski definition) is 1. The number of nitrogen functional groups attached to an aromatic ring is 1. The molecule has 100 valence electrons. The van der Waals surface area contributed by atoms with Gasteiger partial charge in [0.15, 0.2) is 0 Å². The summed E-state index contributed by atoms with van der Waals surface area (Å²) in [5, 5.41) is 0. The Hall–Kier alpha value is -2.23. The Morgan fingerprint density at radius 3 is 2.74 bits per heavy atom. The van der Waals surface area contributed by atoms with E-state index in [4.69, 9.17) is 10.5 Å². The van der Waals surface area contributed by atoms with E-state index >= 15 is 0 Å². The molecule has 0 bridgehead atoms. The van der Waals surface area contributed by atoms with Crippen LogP contribution in [0.15, 0.2) is 48.8 Å². The number of pyridine rings is 1. The quantitative estimate of drug-likeness (QED) is 0.808. The van der Waals surface area contributed by atoms with Crippen LogP contribution in [0.4, 0.5) is 11.4 Å². The zero-order valence-corrected chi connectivity index (χ0v) is 11.1. The summed E-state index contributed by atoms with van der Waals surface area (Å²) < 4.78 is 5.65. The molecule has 0 aliphatic heterocycles. The topological polar surface area (TPSA) is 51.4 Å². The summed E-state index contributed by atoms with van der Waals surface area (Å²) in [6, 6.07) is 11.8. The third-order valence-corrected chi connectivity index (χ3v) is 2.89. The van der Waals surface area contributed by atoms with E-state index in [1.807, 2.05) is 43.4 Å². The number of anilines is 2. The summed E-state index contributed by atoms with van der Waals surface area (Å²) in [6.45, 7) is 1.58. The Balaban J connectivity index is 1.76. The van der Waals surface area contributed by atoms with Gasteiger partial charge in [-0.1, -0.05) is 18.2 Å². The average molecular weight is 257 g/mol. The maximum Gasteiger partial charge on any atom is 0.119 e. The standard InChI is InChI=1S/C15H19N3O/c1-18(15-8-9-17-12-14(15)16)10-5-11-19-13-6-3-2-4-7-13/h2-4,6-9,12H,5,10-11,16H2,1H3. The highest BCUT2D eigenvalue weighted by Crippen LogP contribution is 2.19. The molecule has 0 fully saturated rings. The number of hydrogen-bond acceptors (Lipinski definition) is 4. The number of para-hydroxylation sites is 1. The second-order valence-corrected chi connectivity index (χ2v) is 4.37. The number of nitrogens with two attached hydrogens (primary N) is 1. The van der Waals surface area contributed by atoms with Crippen molar-refractivity contribution >= 4 is 11.4 Å². The van der Waals surface area contributed by atoms with Gasteiger partial charge in [-0.25, -0.2) is 0 Å². The third kappa shape index (κ3) is 3.88. The van der Waals surface area contributed by atoms with Crippen molar-refractivity contribution in [1.29, 1.82) is 0 Å². The van der Waals surface area contributed by atoms with Crippen LogP contribution in [0.5, 0.6) is 5.75 Å². The monoisotopic (exact) mass is 257 g/mol. The van der Waals surface area contributed by atoms with E-state index in [0.29, 0.717) is 12.3 Å². The summed E-state index contributed by atoms with van der Waals surface area (Å²) in [4.78, 5) is 6.10. The van der Waals surface area contributed by atoms with Crippen LogP contribution in [-0.4, -0.2) is 25.2 Å². The van der Waals surface area contributed by atoms with Crippen molar-refractivity contribution in [3.05, 3.63) is 48.8 Å². The highest BCUT2D eigenvalue weighted by Gasteiger charge is 2.04. The van der Waals surface area contributed by atoms with Crippen LogP contribution < -0.4 is 15.4 Å². The van der Waals surface area contributed by atoms with Gasteiger partial charge < -0.3 is 15.4 Å². The number of rotatable bonds is 6. The van der Waals surface area contributed by atoms with Gasteiger partial charge in [0, 0.05) is 19.8 Å². The molecule has 0 atom stereocenters. The smallest absolute Gasteiger partial charge is 0.119 e. The fourth-order valence-electron chi connectivity index (χ4n) is 1.88. The highest BCUT2D eigenvalue weighted by atomic mass is 16.5. The van der Waals surface area contributed by atoms with Crippen LogP contribution in [0.1, 0.15) is 6.42 Å². The summed E-state index contributed by atoms with van der Waals surface area (Å²) in [7, 11) is 2.02. The van der Waals surface area contributed by atoms with Gasteiger partial charge in [-0.2, -0.15) is 0 Å². The number of nitrogens with zero attached hydrogens (tertiary/aromatic N) is 2. The van der Waals surface area contributed by atoms with Crippen molar-refractivity contribution in [3.63, 3.8) is 0 Å². The van der Waals surface area contributed by atoms with Crippen molar-refractivity contribution in [3.8, 4) is 5.75 Å². The first-order chi connectivity index (χ1) is 9.27. The van der Waals surface area contributed by atoms with Gasteiger partial charge in [-0.05, 0) is 24.6 Å². The molecule has 1 heterocycles. The second-order valence-electron chi connectivity index (χ2n) is 4.37. The van der Waals surface area contributed by atoms with Crippen LogP contribution in [0, 0.1) is 0 Å². The maximum atomic E-state index is 5.88. The van der Waals surface area contributed by atoms with Gasteiger partial charge in [0.25, 0.3) is 0 Å².